The van der Waals surface area contributed by atoms with Gasteiger partial charge in [0.1, 0.15) is 5.75 Å². The van der Waals surface area contributed by atoms with Gasteiger partial charge < -0.3 is 14.7 Å². The number of hydrogen-bond donors (Lipinski definition) is 1. The van der Waals surface area contributed by atoms with Crippen LogP contribution in [0, 0.1) is 5.92 Å². The van der Waals surface area contributed by atoms with E-state index in [1.807, 2.05) is 24.3 Å². The van der Waals surface area contributed by atoms with Crippen molar-refractivity contribution in [3.63, 3.8) is 0 Å². The summed E-state index contributed by atoms with van der Waals surface area (Å²) in [6.07, 6.45) is 5.14. The second-order valence-electron chi connectivity index (χ2n) is 5.70. The highest BCUT2D eigenvalue weighted by Crippen LogP contribution is 2.20. The molecule has 2 rings (SSSR count). The summed E-state index contributed by atoms with van der Waals surface area (Å²) in [5.41, 5.74) is 0.927. The molecule has 0 saturated carbocycles. The summed E-state index contributed by atoms with van der Waals surface area (Å²) >= 11 is 0. The van der Waals surface area contributed by atoms with E-state index in [2.05, 4.69) is 11.8 Å². The Morgan fingerprint density at radius 1 is 1.20 bits per heavy atom. The van der Waals surface area contributed by atoms with Gasteiger partial charge in [-0.2, -0.15) is 0 Å². The fourth-order valence-electron chi connectivity index (χ4n) is 2.79. The van der Waals surface area contributed by atoms with E-state index in [-0.39, 0.29) is 6.61 Å². The molecule has 0 spiro atoms. The molecule has 0 amide bonds. The minimum absolute atomic E-state index is 0.0913. The van der Waals surface area contributed by atoms with Crippen LogP contribution in [0.2, 0.25) is 0 Å². The molecule has 1 aliphatic heterocycles. The van der Waals surface area contributed by atoms with E-state index in [0.717, 1.165) is 36.8 Å². The molecule has 1 aliphatic rings. The predicted molar refractivity (Wildman–Crippen MR) is 81.9 cm³/mol. The number of aliphatic hydroxyl groups is 1. The standard InChI is InChI=1S/C17H27NO2/c1-2-15-8-11-18(12-9-15)10-3-13-20-17-6-4-16(14-19)5-7-17/h4-7,15,19H,2-3,8-14H2,1H3. The maximum absolute atomic E-state index is 8.98. The third-order valence-electron chi connectivity index (χ3n) is 4.28. The number of aliphatic hydroxyl groups excluding tert-OH is 1. The van der Waals surface area contributed by atoms with Crippen LogP contribution < -0.4 is 4.74 Å². The molecular weight excluding hydrogens is 250 g/mol. The Labute approximate surface area is 122 Å². The number of hydrogen-bond acceptors (Lipinski definition) is 3. The van der Waals surface area contributed by atoms with Crippen LogP contribution in [0.1, 0.15) is 38.2 Å². The van der Waals surface area contributed by atoms with Crippen molar-refractivity contribution in [1.82, 2.24) is 4.90 Å². The van der Waals surface area contributed by atoms with Gasteiger partial charge in [-0.05, 0) is 56.0 Å². The summed E-state index contributed by atoms with van der Waals surface area (Å²) in [7, 11) is 0. The third kappa shape index (κ3) is 4.80. The summed E-state index contributed by atoms with van der Waals surface area (Å²) in [5, 5.41) is 8.98. The van der Waals surface area contributed by atoms with Crippen LogP contribution in [0.25, 0.3) is 0 Å². The smallest absolute Gasteiger partial charge is 0.119 e. The van der Waals surface area contributed by atoms with Crippen molar-refractivity contribution in [1.29, 1.82) is 0 Å². The normalized spacial score (nSPS) is 17.3. The Balaban J connectivity index is 1.59. The van der Waals surface area contributed by atoms with E-state index >= 15 is 0 Å². The maximum Gasteiger partial charge on any atom is 0.119 e. The zero-order chi connectivity index (χ0) is 14.2. The topological polar surface area (TPSA) is 32.7 Å². The first-order chi connectivity index (χ1) is 9.81. The van der Waals surface area contributed by atoms with Crippen LogP contribution in [0.4, 0.5) is 0 Å². The monoisotopic (exact) mass is 277 g/mol. The summed E-state index contributed by atoms with van der Waals surface area (Å²) in [5.74, 6) is 1.85. The fraction of sp³-hybridized carbons (Fsp3) is 0.647. The molecule has 3 nitrogen and oxygen atoms in total. The second kappa shape index (κ2) is 8.28. The van der Waals surface area contributed by atoms with Crippen LogP contribution in [0.15, 0.2) is 24.3 Å². The lowest BCUT2D eigenvalue weighted by Gasteiger charge is -2.31. The molecule has 1 aromatic rings. The molecule has 112 valence electrons. The van der Waals surface area contributed by atoms with Gasteiger partial charge in [0.2, 0.25) is 0 Å². The van der Waals surface area contributed by atoms with Gasteiger partial charge in [0.15, 0.2) is 0 Å². The van der Waals surface area contributed by atoms with Crippen molar-refractivity contribution in [3.8, 4) is 5.75 Å². The summed E-state index contributed by atoms with van der Waals surface area (Å²) in [6, 6.07) is 7.67. The van der Waals surface area contributed by atoms with Crippen LogP contribution >= 0.6 is 0 Å². The van der Waals surface area contributed by atoms with Crippen molar-refractivity contribution < 1.29 is 9.84 Å². The highest BCUT2D eigenvalue weighted by atomic mass is 16.5. The highest BCUT2D eigenvalue weighted by molar-refractivity contribution is 5.26. The van der Waals surface area contributed by atoms with Crippen LogP contribution in [0.5, 0.6) is 5.75 Å². The van der Waals surface area contributed by atoms with Crippen molar-refractivity contribution in [2.45, 2.75) is 39.2 Å². The Morgan fingerprint density at radius 3 is 2.50 bits per heavy atom. The summed E-state index contributed by atoms with van der Waals surface area (Å²) in [4.78, 5) is 2.56. The molecule has 0 radical (unpaired) electrons. The molecule has 1 fully saturated rings. The second-order valence-corrected chi connectivity index (χ2v) is 5.70. The first-order valence-corrected chi connectivity index (χ1v) is 7.86. The summed E-state index contributed by atoms with van der Waals surface area (Å²) in [6.45, 7) is 6.81. The molecule has 0 bridgehead atoms. The zero-order valence-corrected chi connectivity index (χ0v) is 12.6. The molecule has 20 heavy (non-hydrogen) atoms. The van der Waals surface area contributed by atoms with Crippen molar-refractivity contribution >= 4 is 0 Å². The first-order valence-electron chi connectivity index (χ1n) is 7.86. The number of benzene rings is 1. The molecule has 0 unspecified atom stereocenters. The Hall–Kier alpha value is -1.06. The number of nitrogens with zero attached hydrogens (tertiary/aromatic N) is 1. The molecule has 0 atom stereocenters. The average Bonchev–Trinajstić information content (AvgIpc) is 2.53. The van der Waals surface area contributed by atoms with Crippen molar-refractivity contribution in [2.24, 2.45) is 5.92 Å². The van der Waals surface area contributed by atoms with Gasteiger partial charge in [0, 0.05) is 6.54 Å². The molecular formula is C17H27NO2. The van der Waals surface area contributed by atoms with Crippen LogP contribution in [-0.4, -0.2) is 36.2 Å². The maximum atomic E-state index is 8.98. The number of likely N-dealkylation sites (tertiary alicyclic amines) is 1. The minimum atomic E-state index is 0.0913. The highest BCUT2D eigenvalue weighted by Gasteiger charge is 2.16. The van der Waals surface area contributed by atoms with E-state index in [9.17, 15) is 0 Å². The van der Waals surface area contributed by atoms with E-state index in [4.69, 9.17) is 9.84 Å². The van der Waals surface area contributed by atoms with E-state index in [0.29, 0.717) is 0 Å². The van der Waals surface area contributed by atoms with Gasteiger partial charge in [0.25, 0.3) is 0 Å². The molecule has 1 N–H and O–H groups in total. The number of piperidine rings is 1. The SMILES string of the molecule is CCC1CCN(CCCOc2ccc(CO)cc2)CC1. The Morgan fingerprint density at radius 2 is 1.90 bits per heavy atom. The van der Waals surface area contributed by atoms with E-state index in [1.54, 1.807) is 0 Å². The molecule has 0 aliphatic carbocycles. The Bertz CT molecular complexity index is 369. The third-order valence-corrected chi connectivity index (χ3v) is 4.28. The number of rotatable bonds is 7. The molecule has 0 aromatic heterocycles. The van der Waals surface area contributed by atoms with Gasteiger partial charge in [0.05, 0.1) is 13.2 Å². The lowest BCUT2D eigenvalue weighted by molar-refractivity contribution is 0.169. The largest absolute Gasteiger partial charge is 0.494 e. The van der Waals surface area contributed by atoms with Crippen molar-refractivity contribution in [2.75, 3.05) is 26.2 Å². The van der Waals surface area contributed by atoms with Crippen LogP contribution in [-0.2, 0) is 6.61 Å². The van der Waals surface area contributed by atoms with E-state index in [1.165, 1.54) is 32.4 Å². The predicted octanol–water partition coefficient (Wildman–Crippen LogP) is 3.07. The van der Waals surface area contributed by atoms with Crippen molar-refractivity contribution in [3.05, 3.63) is 29.8 Å². The van der Waals surface area contributed by atoms with E-state index < -0.39 is 0 Å². The van der Waals surface area contributed by atoms with Gasteiger partial charge in [-0.1, -0.05) is 25.5 Å². The average molecular weight is 277 g/mol. The lowest BCUT2D eigenvalue weighted by Crippen LogP contribution is -2.34. The van der Waals surface area contributed by atoms with Gasteiger partial charge in [-0.25, -0.2) is 0 Å². The first kappa shape index (κ1) is 15.3. The quantitative estimate of drug-likeness (QED) is 0.778. The molecule has 1 saturated heterocycles. The zero-order valence-electron chi connectivity index (χ0n) is 12.6. The minimum Gasteiger partial charge on any atom is -0.494 e. The summed E-state index contributed by atoms with van der Waals surface area (Å²) < 4.78 is 5.73. The van der Waals surface area contributed by atoms with Gasteiger partial charge >= 0.3 is 0 Å². The lowest BCUT2D eigenvalue weighted by atomic mass is 9.94. The molecule has 1 heterocycles. The fourth-order valence-corrected chi connectivity index (χ4v) is 2.79. The molecule has 1 aromatic carbocycles. The van der Waals surface area contributed by atoms with Gasteiger partial charge in [-0.15, -0.1) is 0 Å². The molecule has 3 heteroatoms. The Kier molecular flexibility index (Phi) is 6.34. The number of ether oxygens (including phenoxy) is 1. The van der Waals surface area contributed by atoms with Gasteiger partial charge in [-0.3, -0.25) is 0 Å². The van der Waals surface area contributed by atoms with Crippen LogP contribution in [0.3, 0.4) is 0 Å².